The Morgan fingerprint density at radius 3 is 2.47 bits per heavy atom. The van der Waals surface area contributed by atoms with Crippen molar-refractivity contribution >= 4 is 21.9 Å². The third kappa shape index (κ3) is 3.15. The first-order chi connectivity index (χ1) is 8.90. The minimum atomic E-state index is -3.24. The summed E-state index contributed by atoms with van der Waals surface area (Å²) in [6, 6.07) is 2.61. The Kier molecular flexibility index (Phi) is 3.93. The van der Waals surface area contributed by atoms with Crippen molar-refractivity contribution in [2.45, 2.75) is 18.8 Å². The molecule has 104 valence electrons. The predicted molar refractivity (Wildman–Crippen MR) is 65.9 cm³/mol. The third-order valence-corrected chi connectivity index (χ3v) is 3.33. The van der Waals surface area contributed by atoms with Crippen LogP contribution in [0.25, 0.3) is 0 Å². The smallest absolute Gasteiger partial charge is 0.303 e. The van der Waals surface area contributed by atoms with Gasteiger partial charge in [-0.1, -0.05) is 15.9 Å². The van der Waals surface area contributed by atoms with Gasteiger partial charge in [0.15, 0.2) is 11.5 Å². The van der Waals surface area contributed by atoms with Gasteiger partial charge in [0.1, 0.15) is 13.2 Å². The summed E-state index contributed by atoms with van der Waals surface area (Å²) in [5.41, 5.74) is -0.294. The number of hydrogen-bond acceptors (Lipinski definition) is 3. The van der Waals surface area contributed by atoms with E-state index in [9.17, 15) is 13.6 Å². The van der Waals surface area contributed by atoms with Crippen molar-refractivity contribution in [3.8, 4) is 11.5 Å². The molecule has 0 unspecified atom stereocenters. The Bertz CT molecular complexity index is 505. The molecular formula is C12H11BrF2O4. The van der Waals surface area contributed by atoms with Gasteiger partial charge in [0, 0.05) is 16.5 Å². The Morgan fingerprint density at radius 2 is 1.89 bits per heavy atom. The van der Waals surface area contributed by atoms with E-state index >= 15 is 0 Å². The first kappa shape index (κ1) is 14.0. The molecule has 0 bridgehead atoms. The lowest BCUT2D eigenvalue weighted by Crippen LogP contribution is -2.19. The molecule has 1 heterocycles. The van der Waals surface area contributed by atoms with Crippen LogP contribution in [0.4, 0.5) is 8.78 Å². The van der Waals surface area contributed by atoms with E-state index < -0.39 is 24.7 Å². The number of fused-ring (bicyclic) bond motifs is 1. The molecule has 0 saturated heterocycles. The number of carboxylic acids is 1. The standard InChI is InChI=1S/C12H11BrF2O4/c13-8-6-10-9(18-3-4-19-10)5-7(8)12(14,15)2-1-11(16)17/h5-6H,1-4H2,(H,16,17). The van der Waals surface area contributed by atoms with Crippen molar-refractivity contribution in [1.82, 2.24) is 0 Å². The highest BCUT2D eigenvalue weighted by atomic mass is 79.9. The first-order valence-electron chi connectivity index (χ1n) is 5.59. The van der Waals surface area contributed by atoms with Gasteiger partial charge in [0.2, 0.25) is 0 Å². The molecule has 0 aromatic heterocycles. The maximum Gasteiger partial charge on any atom is 0.303 e. The molecule has 1 aliphatic heterocycles. The molecule has 1 aromatic carbocycles. The van der Waals surface area contributed by atoms with E-state index in [0.29, 0.717) is 19.0 Å². The monoisotopic (exact) mass is 336 g/mol. The van der Waals surface area contributed by atoms with Gasteiger partial charge in [0.25, 0.3) is 5.92 Å². The fraction of sp³-hybridized carbons (Fsp3) is 0.417. The van der Waals surface area contributed by atoms with Gasteiger partial charge >= 0.3 is 5.97 Å². The number of halogens is 3. The number of carboxylic acid groups (broad SMARTS) is 1. The van der Waals surface area contributed by atoms with E-state index in [1.54, 1.807) is 0 Å². The number of carbonyl (C=O) groups is 1. The van der Waals surface area contributed by atoms with Crippen LogP contribution in [-0.2, 0) is 10.7 Å². The van der Waals surface area contributed by atoms with Crippen LogP contribution in [0.3, 0.4) is 0 Å². The van der Waals surface area contributed by atoms with E-state index in [2.05, 4.69) is 15.9 Å². The second-order valence-corrected chi connectivity index (χ2v) is 4.93. The lowest BCUT2D eigenvalue weighted by atomic mass is 10.0. The zero-order chi connectivity index (χ0) is 14.0. The van der Waals surface area contributed by atoms with Crippen molar-refractivity contribution in [3.05, 3.63) is 22.2 Å². The van der Waals surface area contributed by atoms with Crippen LogP contribution in [0.2, 0.25) is 0 Å². The normalized spacial score (nSPS) is 14.3. The van der Waals surface area contributed by atoms with Crippen LogP contribution in [-0.4, -0.2) is 24.3 Å². The molecule has 1 aliphatic rings. The molecule has 0 aliphatic carbocycles. The zero-order valence-electron chi connectivity index (χ0n) is 9.79. The molecule has 1 aromatic rings. The molecular weight excluding hydrogens is 326 g/mol. The van der Waals surface area contributed by atoms with Crippen LogP contribution in [0.15, 0.2) is 16.6 Å². The van der Waals surface area contributed by atoms with Gasteiger partial charge in [-0.25, -0.2) is 8.78 Å². The van der Waals surface area contributed by atoms with E-state index in [1.807, 2.05) is 0 Å². The predicted octanol–water partition coefficient (Wildman–Crippen LogP) is 3.18. The Labute approximate surface area is 116 Å². The van der Waals surface area contributed by atoms with Gasteiger partial charge in [-0.2, -0.15) is 0 Å². The quantitative estimate of drug-likeness (QED) is 0.917. The topological polar surface area (TPSA) is 55.8 Å². The number of alkyl halides is 2. The third-order valence-electron chi connectivity index (χ3n) is 2.68. The van der Waals surface area contributed by atoms with Gasteiger partial charge < -0.3 is 14.6 Å². The minimum Gasteiger partial charge on any atom is -0.486 e. The zero-order valence-corrected chi connectivity index (χ0v) is 11.4. The molecule has 1 N–H and O–H groups in total. The lowest BCUT2D eigenvalue weighted by molar-refractivity contribution is -0.139. The largest absolute Gasteiger partial charge is 0.486 e. The summed E-state index contributed by atoms with van der Waals surface area (Å²) in [6.45, 7) is 0.670. The molecule has 2 rings (SSSR count). The van der Waals surface area contributed by atoms with Gasteiger partial charge in [-0.15, -0.1) is 0 Å². The summed E-state index contributed by atoms with van der Waals surface area (Å²) < 4.78 is 38.6. The maximum atomic E-state index is 14.0. The number of rotatable bonds is 4. The summed E-state index contributed by atoms with van der Waals surface area (Å²) >= 11 is 3.06. The van der Waals surface area contributed by atoms with Crippen molar-refractivity contribution in [1.29, 1.82) is 0 Å². The molecule has 0 atom stereocenters. The number of benzene rings is 1. The highest BCUT2D eigenvalue weighted by Gasteiger charge is 2.35. The average Bonchev–Trinajstić information content (AvgIpc) is 2.35. The highest BCUT2D eigenvalue weighted by Crippen LogP contribution is 2.43. The van der Waals surface area contributed by atoms with Crippen LogP contribution in [0.5, 0.6) is 11.5 Å². The van der Waals surface area contributed by atoms with E-state index in [4.69, 9.17) is 14.6 Å². The maximum absolute atomic E-state index is 14.0. The van der Waals surface area contributed by atoms with Crippen LogP contribution >= 0.6 is 15.9 Å². The highest BCUT2D eigenvalue weighted by molar-refractivity contribution is 9.10. The number of hydrogen-bond donors (Lipinski definition) is 1. The molecule has 0 amide bonds. The molecule has 0 spiro atoms. The van der Waals surface area contributed by atoms with E-state index in [-0.39, 0.29) is 15.8 Å². The second kappa shape index (κ2) is 5.32. The van der Waals surface area contributed by atoms with E-state index in [0.717, 1.165) is 0 Å². The van der Waals surface area contributed by atoms with Crippen molar-refractivity contribution in [2.75, 3.05) is 13.2 Å². The fourth-order valence-corrected chi connectivity index (χ4v) is 2.36. The summed E-state index contributed by atoms with van der Waals surface area (Å²) in [6.07, 6.45) is -1.37. The number of ether oxygens (including phenoxy) is 2. The van der Waals surface area contributed by atoms with Gasteiger partial charge in [-0.05, 0) is 12.1 Å². The molecule has 0 radical (unpaired) electrons. The van der Waals surface area contributed by atoms with Crippen LogP contribution in [0, 0.1) is 0 Å². The van der Waals surface area contributed by atoms with Crippen LogP contribution in [0.1, 0.15) is 18.4 Å². The molecule has 0 fully saturated rings. The lowest BCUT2D eigenvalue weighted by Gasteiger charge is -2.23. The SMILES string of the molecule is O=C(O)CCC(F)(F)c1cc2c(cc1Br)OCCO2. The van der Waals surface area contributed by atoms with Crippen molar-refractivity contribution < 1.29 is 28.2 Å². The molecule has 0 saturated carbocycles. The molecule has 4 nitrogen and oxygen atoms in total. The summed E-state index contributed by atoms with van der Waals surface area (Å²) in [7, 11) is 0. The average molecular weight is 337 g/mol. The van der Waals surface area contributed by atoms with Crippen molar-refractivity contribution in [3.63, 3.8) is 0 Å². The Hall–Kier alpha value is -1.37. The van der Waals surface area contributed by atoms with Gasteiger partial charge in [0.05, 0.1) is 6.42 Å². The summed E-state index contributed by atoms with van der Waals surface area (Å²) in [5.74, 6) is -3.85. The van der Waals surface area contributed by atoms with E-state index in [1.165, 1.54) is 12.1 Å². The summed E-state index contributed by atoms with van der Waals surface area (Å²) in [4.78, 5) is 10.4. The Morgan fingerprint density at radius 1 is 1.32 bits per heavy atom. The number of aliphatic carboxylic acids is 1. The van der Waals surface area contributed by atoms with Crippen LogP contribution < -0.4 is 9.47 Å². The van der Waals surface area contributed by atoms with Gasteiger partial charge in [-0.3, -0.25) is 4.79 Å². The molecule has 7 heteroatoms. The second-order valence-electron chi connectivity index (χ2n) is 4.07. The summed E-state index contributed by atoms with van der Waals surface area (Å²) in [5, 5.41) is 8.50. The minimum absolute atomic E-state index is 0.173. The van der Waals surface area contributed by atoms with Crippen molar-refractivity contribution in [2.24, 2.45) is 0 Å². The Balaban J connectivity index is 2.30. The molecule has 19 heavy (non-hydrogen) atoms. The first-order valence-corrected chi connectivity index (χ1v) is 6.39. The fourth-order valence-electron chi connectivity index (χ4n) is 1.74.